The fourth-order valence-corrected chi connectivity index (χ4v) is 3.19. The minimum atomic E-state index is -0.244. The van der Waals surface area contributed by atoms with E-state index >= 15 is 0 Å². The zero-order valence-corrected chi connectivity index (χ0v) is 15.0. The molecule has 1 aromatic rings. The van der Waals surface area contributed by atoms with Crippen molar-refractivity contribution >= 4 is 17.4 Å². The molecule has 0 saturated carbocycles. The molecule has 1 fully saturated rings. The van der Waals surface area contributed by atoms with Gasteiger partial charge in [0.1, 0.15) is 5.70 Å². The SMILES string of the molecule is COCCN1C(=O)C(c2ccc(C)c(C)c2)=C(N2CCOCC2)C1=O. The maximum absolute atomic E-state index is 13.0. The summed E-state index contributed by atoms with van der Waals surface area (Å²) in [7, 11) is 1.56. The molecule has 2 amide bonds. The van der Waals surface area contributed by atoms with Crippen molar-refractivity contribution in [1.82, 2.24) is 9.80 Å². The second kappa shape index (κ2) is 7.37. The van der Waals surface area contributed by atoms with Gasteiger partial charge in [-0.25, -0.2) is 0 Å². The third kappa shape index (κ3) is 3.32. The fraction of sp³-hybridized carbons (Fsp3) is 0.474. The molecule has 3 rings (SSSR count). The zero-order valence-electron chi connectivity index (χ0n) is 15.0. The molecule has 2 aliphatic rings. The van der Waals surface area contributed by atoms with Crippen LogP contribution < -0.4 is 0 Å². The first-order chi connectivity index (χ1) is 12.0. The molecule has 0 spiro atoms. The van der Waals surface area contributed by atoms with E-state index in [9.17, 15) is 9.59 Å². The van der Waals surface area contributed by atoms with Crippen LogP contribution in [0.2, 0.25) is 0 Å². The molecule has 0 unspecified atom stereocenters. The Labute approximate surface area is 148 Å². The van der Waals surface area contributed by atoms with Crippen LogP contribution in [0.3, 0.4) is 0 Å². The minimum absolute atomic E-state index is 0.239. The number of morpholine rings is 1. The molecule has 6 heteroatoms. The summed E-state index contributed by atoms with van der Waals surface area (Å²) in [5.41, 5.74) is 4.04. The molecule has 0 aliphatic carbocycles. The summed E-state index contributed by atoms with van der Waals surface area (Å²) in [5.74, 6) is -0.482. The molecular formula is C19H24N2O4. The summed E-state index contributed by atoms with van der Waals surface area (Å²) in [5, 5.41) is 0. The Kier molecular flexibility index (Phi) is 5.20. The summed E-state index contributed by atoms with van der Waals surface area (Å²) in [6.45, 7) is 6.97. The maximum atomic E-state index is 13.0. The molecule has 1 saturated heterocycles. The molecule has 2 aliphatic heterocycles. The number of ether oxygens (including phenoxy) is 2. The Morgan fingerprint density at radius 2 is 1.80 bits per heavy atom. The Hall–Kier alpha value is -2.18. The molecular weight excluding hydrogens is 320 g/mol. The summed E-state index contributed by atoms with van der Waals surface area (Å²) in [6, 6.07) is 5.89. The highest BCUT2D eigenvalue weighted by Crippen LogP contribution is 2.32. The van der Waals surface area contributed by atoms with Gasteiger partial charge in [0.25, 0.3) is 11.8 Å². The van der Waals surface area contributed by atoms with Crippen molar-refractivity contribution in [2.24, 2.45) is 0 Å². The van der Waals surface area contributed by atoms with Gasteiger partial charge in [0.05, 0.1) is 31.9 Å². The van der Waals surface area contributed by atoms with Crippen molar-refractivity contribution in [3.8, 4) is 0 Å². The van der Waals surface area contributed by atoms with Crippen LogP contribution in [0.5, 0.6) is 0 Å². The van der Waals surface area contributed by atoms with Gasteiger partial charge < -0.3 is 14.4 Å². The standard InChI is InChI=1S/C19H24N2O4/c1-13-4-5-15(12-14(13)2)16-17(20-6-10-25-11-7-20)19(23)21(18(16)22)8-9-24-3/h4-5,12H,6-11H2,1-3H3. The highest BCUT2D eigenvalue weighted by atomic mass is 16.5. The number of amides is 2. The van der Waals surface area contributed by atoms with Crippen molar-refractivity contribution in [2.75, 3.05) is 46.6 Å². The summed E-state index contributed by atoms with van der Waals surface area (Å²) in [4.78, 5) is 29.2. The molecule has 0 aromatic heterocycles. The summed E-state index contributed by atoms with van der Waals surface area (Å²) < 4.78 is 10.5. The van der Waals surface area contributed by atoms with E-state index in [1.165, 1.54) is 4.90 Å². The maximum Gasteiger partial charge on any atom is 0.277 e. The average Bonchev–Trinajstić information content (AvgIpc) is 2.87. The lowest BCUT2D eigenvalue weighted by atomic mass is 9.99. The molecule has 6 nitrogen and oxygen atoms in total. The van der Waals surface area contributed by atoms with Crippen LogP contribution >= 0.6 is 0 Å². The lowest BCUT2D eigenvalue weighted by Crippen LogP contribution is -2.41. The first kappa shape index (κ1) is 17.6. The van der Waals surface area contributed by atoms with Gasteiger partial charge >= 0.3 is 0 Å². The van der Waals surface area contributed by atoms with E-state index in [4.69, 9.17) is 9.47 Å². The second-order valence-corrected chi connectivity index (χ2v) is 6.38. The van der Waals surface area contributed by atoms with E-state index in [1.807, 2.05) is 36.9 Å². The second-order valence-electron chi connectivity index (χ2n) is 6.38. The smallest absolute Gasteiger partial charge is 0.277 e. The zero-order chi connectivity index (χ0) is 18.0. The number of nitrogens with zero attached hydrogens (tertiary/aromatic N) is 2. The predicted molar refractivity (Wildman–Crippen MR) is 93.8 cm³/mol. The van der Waals surface area contributed by atoms with Crippen LogP contribution in [-0.4, -0.2) is 68.2 Å². The van der Waals surface area contributed by atoms with Crippen LogP contribution in [-0.2, 0) is 19.1 Å². The van der Waals surface area contributed by atoms with Crippen molar-refractivity contribution in [3.63, 3.8) is 0 Å². The molecule has 0 bridgehead atoms. The predicted octanol–water partition coefficient (Wildman–Crippen LogP) is 1.36. The van der Waals surface area contributed by atoms with Gasteiger partial charge in [0.2, 0.25) is 0 Å². The summed E-state index contributed by atoms with van der Waals surface area (Å²) in [6.07, 6.45) is 0. The molecule has 0 atom stereocenters. The van der Waals surface area contributed by atoms with E-state index in [2.05, 4.69) is 0 Å². The lowest BCUT2D eigenvalue weighted by Gasteiger charge is -2.29. The van der Waals surface area contributed by atoms with Gasteiger partial charge in [0, 0.05) is 20.2 Å². The van der Waals surface area contributed by atoms with Gasteiger partial charge in [-0.3, -0.25) is 14.5 Å². The van der Waals surface area contributed by atoms with Gasteiger partial charge in [0.15, 0.2) is 0 Å². The number of aryl methyl sites for hydroxylation is 2. The highest BCUT2D eigenvalue weighted by molar-refractivity contribution is 6.35. The first-order valence-corrected chi connectivity index (χ1v) is 8.54. The Bertz CT molecular complexity index is 720. The third-order valence-corrected chi connectivity index (χ3v) is 4.79. The van der Waals surface area contributed by atoms with Crippen LogP contribution in [0.15, 0.2) is 23.9 Å². The number of hydrogen-bond donors (Lipinski definition) is 0. The average molecular weight is 344 g/mol. The van der Waals surface area contributed by atoms with Crippen molar-refractivity contribution < 1.29 is 19.1 Å². The van der Waals surface area contributed by atoms with Crippen LogP contribution in [0, 0.1) is 13.8 Å². The van der Waals surface area contributed by atoms with E-state index in [0.29, 0.717) is 44.2 Å². The van der Waals surface area contributed by atoms with Crippen LogP contribution in [0.25, 0.3) is 5.57 Å². The molecule has 2 heterocycles. The molecule has 25 heavy (non-hydrogen) atoms. The Balaban J connectivity index is 2.05. The van der Waals surface area contributed by atoms with Gasteiger partial charge in [-0.2, -0.15) is 0 Å². The van der Waals surface area contributed by atoms with E-state index in [0.717, 1.165) is 16.7 Å². The van der Waals surface area contributed by atoms with Gasteiger partial charge in [-0.05, 0) is 30.5 Å². The van der Waals surface area contributed by atoms with Gasteiger partial charge in [-0.1, -0.05) is 18.2 Å². The van der Waals surface area contributed by atoms with Crippen molar-refractivity contribution in [2.45, 2.75) is 13.8 Å². The Morgan fingerprint density at radius 1 is 1.08 bits per heavy atom. The monoisotopic (exact) mass is 344 g/mol. The van der Waals surface area contributed by atoms with E-state index in [1.54, 1.807) is 7.11 Å². The number of benzene rings is 1. The van der Waals surface area contributed by atoms with Crippen molar-refractivity contribution in [1.29, 1.82) is 0 Å². The quantitative estimate of drug-likeness (QED) is 0.755. The van der Waals surface area contributed by atoms with Crippen molar-refractivity contribution in [3.05, 3.63) is 40.6 Å². The van der Waals surface area contributed by atoms with Crippen LogP contribution in [0.1, 0.15) is 16.7 Å². The van der Waals surface area contributed by atoms with Crippen LogP contribution in [0.4, 0.5) is 0 Å². The molecule has 0 radical (unpaired) electrons. The molecule has 0 N–H and O–H groups in total. The normalized spacial score (nSPS) is 18.5. The number of carbonyl (C=O) groups excluding carboxylic acids is 2. The minimum Gasteiger partial charge on any atom is -0.383 e. The number of carbonyl (C=O) groups is 2. The fourth-order valence-electron chi connectivity index (χ4n) is 3.19. The number of rotatable bonds is 5. The largest absolute Gasteiger partial charge is 0.383 e. The molecule has 134 valence electrons. The topological polar surface area (TPSA) is 59.1 Å². The first-order valence-electron chi connectivity index (χ1n) is 8.54. The van der Waals surface area contributed by atoms with E-state index < -0.39 is 0 Å². The van der Waals surface area contributed by atoms with Gasteiger partial charge in [-0.15, -0.1) is 0 Å². The highest BCUT2D eigenvalue weighted by Gasteiger charge is 2.41. The lowest BCUT2D eigenvalue weighted by molar-refractivity contribution is -0.138. The third-order valence-electron chi connectivity index (χ3n) is 4.79. The number of hydrogen-bond acceptors (Lipinski definition) is 5. The number of methoxy groups -OCH3 is 1. The Morgan fingerprint density at radius 3 is 2.44 bits per heavy atom. The summed E-state index contributed by atoms with van der Waals surface area (Å²) >= 11 is 0. The molecule has 1 aromatic carbocycles. The number of imide groups is 1. The van der Waals surface area contributed by atoms with E-state index in [-0.39, 0.29) is 18.4 Å².